The maximum Gasteiger partial charge on any atom is 0.295 e. The first-order chi connectivity index (χ1) is 16.1. The highest BCUT2D eigenvalue weighted by Gasteiger charge is 2.46. The van der Waals surface area contributed by atoms with Crippen molar-refractivity contribution in [3.05, 3.63) is 57.1 Å². The molecule has 0 radical (unpaired) electrons. The second-order valence-corrected chi connectivity index (χ2v) is 8.58. The van der Waals surface area contributed by atoms with E-state index in [2.05, 4.69) is 0 Å². The van der Waals surface area contributed by atoms with Crippen molar-refractivity contribution in [2.75, 3.05) is 27.4 Å². The van der Waals surface area contributed by atoms with Gasteiger partial charge in [-0.25, -0.2) is 0 Å². The summed E-state index contributed by atoms with van der Waals surface area (Å²) < 4.78 is 16.1. The van der Waals surface area contributed by atoms with Gasteiger partial charge in [0.1, 0.15) is 16.5 Å². The summed E-state index contributed by atoms with van der Waals surface area (Å²) >= 11 is 12.6. The Bertz CT molecular complexity index is 1130. The van der Waals surface area contributed by atoms with E-state index in [4.69, 9.17) is 37.4 Å². The molecule has 0 saturated carbocycles. The Kier molecular flexibility index (Phi) is 7.97. The van der Waals surface area contributed by atoms with Gasteiger partial charge in [0, 0.05) is 6.54 Å². The zero-order valence-corrected chi connectivity index (χ0v) is 20.6. The molecule has 1 amide bonds. The van der Waals surface area contributed by atoms with E-state index in [1.165, 1.54) is 37.3 Å². The lowest BCUT2D eigenvalue weighted by Gasteiger charge is -2.26. The number of aliphatic hydroxyl groups is 1. The van der Waals surface area contributed by atoms with Crippen LogP contribution in [0, 0.1) is 0 Å². The number of hydrogen-bond acceptors (Lipinski definition) is 7. The minimum absolute atomic E-state index is 0.000189. The molecule has 2 aromatic rings. The molecule has 1 atom stereocenters. The quantitative estimate of drug-likeness (QED) is 0.305. The molecule has 1 aliphatic rings. The van der Waals surface area contributed by atoms with Crippen molar-refractivity contribution in [1.82, 2.24) is 4.90 Å². The summed E-state index contributed by atoms with van der Waals surface area (Å²) in [5.74, 6) is -2.01. The SMILES string of the molecule is COc1c(Cl)cc(/C(O)=C2\C(=O)C(=O)N(CCOC(C)C)C2c2ccc(O)cc2)c(OC)c1Cl. The Morgan fingerprint density at radius 1 is 1.09 bits per heavy atom. The van der Waals surface area contributed by atoms with Crippen LogP contribution in [0.15, 0.2) is 35.9 Å². The normalized spacial score (nSPS) is 17.5. The predicted octanol–water partition coefficient (Wildman–Crippen LogP) is 4.56. The molecule has 3 rings (SSSR count). The van der Waals surface area contributed by atoms with Gasteiger partial charge in [0.05, 0.1) is 49.1 Å². The van der Waals surface area contributed by atoms with Gasteiger partial charge in [0.2, 0.25) is 0 Å². The number of benzene rings is 2. The van der Waals surface area contributed by atoms with Crippen LogP contribution in [0.2, 0.25) is 10.0 Å². The van der Waals surface area contributed by atoms with E-state index in [1.807, 2.05) is 13.8 Å². The van der Waals surface area contributed by atoms with Gasteiger partial charge in [0.15, 0.2) is 11.5 Å². The molecule has 2 aromatic carbocycles. The smallest absolute Gasteiger partial charge is 0.295 e. The number of halogens is 2. The Labute approximate surface area is 207 Å². The lowest BCUT2D eigenvalue weighted by molar-refractivity contribution is -0.140. The summed E-state index contributed by atoms with van der Waals surface area (Å²) in [4.78, 5) is 27.5. The molecular formula is C24H25Cl2NO7. The molecule has 8 nitrogen and oxygen atoms in total. The van der Waals surface area contributed by atoms with E-state index in [0.29, 0.717) is 5.56 Å². The number of ketones is 1. The monoisotopic (exact) mass is 509 g/mol. The maximum atomic E-state index is 13.1. The largest absolute Gasteiger partial charge is 0.508 e. The van der Waals surface area contributed by atoms with Crippen LogP contribution in [-0.2, 0) is 14.3 Å². The number of ether oxygens (including phenoxy) is 3. The van der Waals surface area contributed by atoms with Crippen molar-refractivity contribution < 1.29 is 34.0 Å². The molecule has 34 heavy (non-hydrogen) atoms. The fourth-order valence-corrected chi connectivity index (χ4v) is 4.48. The number of phenolic OH excluding ortho intramolecular Hbond substituents is 1. The number of amides is 1. The fourth-order valence-electron chi connectivity index (χ4n) is 3.79. The number of methoxy groups -OCH3 is 2. The number of aliphatic hydroxyl groups excluding tert-OH is 1. The van der Waals surface area contributed by atoms with Crippen LogP contribution in [0.1, 0.15) is 31.0 Å². The van der Waals surface area contributed by atoms with Crippen LogP contribution in [0.3, 0.4) is 0 Å². The molecule has 1 fully saturated rings. The molecule has 182 valence electrons. The average Bonchev–Trinajstić information content (AvgIpc) is 3.04. The minimum atomic E-state index is -0.944. The lowest BCUT2D eigenvalue weighted by Crippen LogP contribution is -2.33. The number of phenols is 1. The van der Waals surface area contributed by atoms with Gasteiger partial charge in [-0.1, -0.05) is 35.3 Å². The Balaban J connectivity index is 2.22. The van der Waals surface area contributed by atoms with Gasteiger partial charge in [0.25, 0.3) is 11.7 Å². The van der Waals surface area contributed by atoms with Crippen LogP contribution in [0.25, 0.3) is 5.76 Å². The van der Waals surface area contributed by atoms with Gasteiger partial charge in [-0.05, 0) is 37.6 Å². The lowest BCUT2D eigenvalue weighted by atomic mass is 9.95. The van der Waals surface area contributed by atoms with Gasteiger partial charge in [-0.15, -0.1) is 0 Å². The third kappa shape index (κ3) is 4.80. The first-order valence-corrected chi connectivity index (χ1v) is 11.2. The summed E-state index contributed by atoms with van der Waals surface area (Å²) in [5, 5.41) is 21.1. The minimum Gasteiger partial charge on any atom is -0.508 e. The number of nitrogens with zero attached hydrogens (tertiary/aromatic N) is 1. The molecule has 1 unspecified atom stereocenters. The van der Waals surface area contributed by atoms with E-state index >= 15 is 0 Å². The van der Waals surface area contributed by atoms with E-state index in [1.54, 1.807) is 12.1 Å². The number of aromatic hydroxyl groups is 1. The van der Waals surface area contributed by atoms with Crippen LogP contribution in [0.5, 0.6) is 17.2 Å². The zero-order chi connectivity index (χ0) is 25.2. The molecule has 0 spiro atoms. The third-order valence-corrected chi connectivity index (χ3v) is 5.95. The molecule has 1 heterocycles. The summed E-state index contributed by atoms with van der Waals surface area (Å²) in [5.41, 5.74) is 0.363. The number of Topliss-reactive ketones (excluding diaryl/α,β-unsaturated/α-hetero) is 1. The number of hydrogen-bond donors (Lipinski definition) is 2. The van der Waals surface area contributed by atoms with Crippen LogP contribution in [0.4, 0.5) is 0 Å². The fraction of sp³-hybridized carbons (Fsp3) is 0.333. The summed E-state index contributed by atoms with van der Waals surface area (Å²) in [6.45, 7) is 4.00. The number of rotatable bonds is 8. The molecule has 2 N–H and O–H groups in total. The Morgan fingerprint density at radius 2 is 1.71 bits per heavy atom. The van der Waals surface area contributed by atoms with Crippen molar-refractivity contribution in [2.24, 2.45) is 0 Å². The van der Waals surface area contributed by atoms with E-state index in [-0.39, 0.29) is 57.7 Å². The molecule has 0 bridgehead atoms. The average molecular weight is 510 g/mol. The third-order valence-electron chi connectivity index (χ3n) is 5.33. The van der Waals surface area contributed by atoms with Crippen LogP contribution < -0.4 is 9.47 Å². The number of carbonyl (C=O) groups excluding carboxylic acids is 2. The number of likely N-dealkylation sites (tertiary alicyclic amines) is 1. The first-order valence-electron chi connectivity index (χ1n) is 10.4. The Morgan fingerprint density at radius 3 is 2.26 bits per heavy atom. The van der Waals surface area contributed by atoms with Crippen molar-refractivity contribution in [1.29, 1.82) is 0 Å². The first kappa shape index (κ1) is 25.7. The topological polar surface area (TPSA) is 106 Å². The standard InChI is InChI=1S/C24H25Cl2NO7/c1-12(2)34-10-9-27-19(13-5-7-14(28)8-6-13)17(21(30)24(27)31)20(29)15-11-16(25)23(33-4)18(26)22(15)32-3/h5-8,11-12,19,28-29H,9-10H2,1-4H3/b20-17+. The maximum absolute atomic E-state index is 13.1. The van der Waals surface area contributed by atoms with Crippen molar-refractivity contribution in [3.8, 4) is 17.2 Å². The molecular weight excluding hydrogens is 485 g/mol. The highest BCUT2D eigenvalue weighted by molar-refractivity contribution is 6.47. The molecule has 0 aliphatic carbocycles. The van der Waals surface area contributed by atoms with Gasteiger partial charge < -0.3 is 29.3 Å². The van der Waals surface area contributed by atoms with Gasteiger partial charge in [-0.2, -0.15) is 0 Å². The second-order valence-electron chi connectivity index (χ2n) is 7.79. The van der Waals surface area contributed by atoms with Crippen molar-refractivity contribution >= 4 is 40.7 Å². The Hall–Kier alpha value is -2.94. The van der Waals surface area contributed by atoms with Crippen LogP contribution in [-0.4, -0.2) is 60.3 Å². The van der Waals surface area contributed by atoms with E-state index in [9.17, 15) is 19.8 Å². The molecule has 1 aliphatic heterocycles. The zero-order valence-electron chi connectivity index (χ0n) is 19.1. The summed E-state index contributed by atoms with van der Waals surface area (Å²) in [7, 11) is 2.71. The van der Waals surface area contributed by atoms with Crippen molar-refractivity contribution in [3.63, 3.8) is 0 Å². The highest BCUT2D eigenvalue weighted by atomic mass is 35.5. The van der Waals surface area contributed by atoms with Crippen molar-refractivity contribution in [2.45, 2.75) is 26.0 Å². The van der Waals surface area contributed by atoms with Crippen LogP contribution >= 0.6 is 23.2 Å². The van der Waals surface area contributed by atoms with E-state index in [0.717, 1.165) is 0 Å². The highest BCUT2D eigenvalue weighted by Crippen LogP contribution is 2.47. The number of carbonyl (C=O) groups is 2. The van der Waals surface area contributed by atoms with Gasteiger partial charge in [-0.3, -0.25) is 9.59 Å². The summed E-state index contributed by atoms with van der Waals surface area (Å²) in [6.07, 6.45) is -0.0724. The van der Waals surface area contributed by atoms with E-state index < -0.39 is 23.5 Å². The second kappa shape index (κ2) is 10.5. The van der Waals surface area contributed by atoms with Gasteiger partial charge >= 0.3 is 0 Å². The molecule has 0 aromatic heterocycles. The predicted molar refractivity (Wildman–Crippen MR) is 128 cm³/mol. The summed E-state index contributed by atoms with van der Waals surface area (Å²) in [6, 6.07) is 6.41. The molecule has 1 saturated heterocycles. The molecule has 10 heteroatoms.